The normalized spacial score (nSPS) is 14.9. The minimum Gasteiger partial charge on any atom is -0.352 e. The standard InChI is InChI=1S/C15H19IN2O/c1-11-3-2-4-13(14(11)16)15(19)18-10-7-12-5-8-17-9-6-12/h2-5,17H,6-10H2,1H3,(H,18,19). The van der Waals surface area contributed by atoms with Crippen molar-refractivity contribution in [2.45, 2.75) is 19.8 Å². The van der Waals surface area contributed by atoms with Crippen LogP contribution in [-0.4, -0.2) is 25.5 Å². The van der Waals surface area contributed by atoms with Gasteiger partial charge in [-0.1, -0.05) is 23.8 Å². The van der Waals surface area contributed by atoms with E-state index in [2.05, 4.69) is 39.3 Å². The number of amides is 1. The Morgan fingerprint density at radius 3 is 3.05 bits per heavy atom. The zero-order chi connectivity index (χ0) is 13.7. The quantitative estimate of drug-likeness (QED) is 0.632. The van der Waals surface area contributed by atoms with Crippen LogP contribution in [-0.2, 0) is 0 Å². The van der Waals surface area contributed by atoms with E-state index in [-0.39, 0.29) is 5.91 Å². The van der Waals surface area contributed by atoms with Gasteiger partial charge in [0.25, 0.3) is 5.91 Å². The summed E-state index contributed by atoms with van der Waals surface area (Å²) < 4.78 is 1.04. The number of hydrogen-bond acceptors (Lipinski definition) is 2. The maximum atomic E-state index is 12.1. The number of carbonyl (C=O) groups is 1. The Balaban J connectivity index is 1.87. The lowest BCUT2D eigenvalue weighted by Crippen LogP contribution is -2.27. The second-order valence-corrected chi connectivity index (χ2v) is 5.84. The molecule has 1 amide bonds. The van der Waals surface area contributed by atoms with Crippen LogP contribution in [0.2, 0.25) is 0 Å². The van der Waals surface area contributed by atoms with Crippen molar-refractivity contribution in [1.29, 1.82) is 0 Å². The van der Waals surface area contributed by atoms with Gasteiger partial charge in [0.2, 0.25) is 0 Å². The molecular formula is C15H19IN2O. The minimum atomic E-state index is 0.0302. The van der Waals surface area contributed by atoms with Crippen molar-refractivity contribution >= 4 is 28.5 Å². The lowest BCUT2D eigenvalue weighted by molar-refractivity contribution is 0.0953. The molecule has 4 heteroatoms. The van der Waals surface area contributed by atoms with Crippen molar-refractivity contribution in [3.63, 3.8) is 0 Å². The van der Waals surface area contributed by atoms with Crippen LogP contribution in [0.3, 0.4) is 0 Å². The first kappa shape index (κ1) is 14.5. The number of carbonyl (C=O) groups excluding carboxylic acids is 1. The molecule has 1 aromatic carbocycles. The maximum Gasteiger partial charge on any atom is 0.252 e. The summed E-state index contributed by atoms with van der Waals surface area (Å²) in [5.41, 5.74) is 3.37. The van der Waals surface area contributed by atoms with Crippen LogP contribution in [0.25, 0.3) is 0 Å². The fraction of sp³-hybridized carbons (Fsp3) is 0.400. The summed E-state index contributed by atoms with van der Waals surface area (Å²) in [5, 5.41) is 6.30. The molecule has 2 rings (SSSR count). The van der Waals surface area contributed by atoms with E-state index >= 15 is 0 Å². The van der Waals surface area contributed by atoms with E-state index in [0.29, 0.717) is 6.54 Å². The van der Waals surface area contributed by atoms with E-state index in [1.807, 2.05) is 25.1 Å². The topological polar surface area (TPSA) is 41.1 Å². The largest absolute Gasteiger partial charge is 0.352 e. The van der Waals surface area contributed by atoms with Crippen molar-refractivity contribution < 1.29 is 4.79 Å². The Labute approximate surface area is 128 Å². The highest BCUT2D eigenvalue weighted by Gasteiger charge is 2.11. The summed E-state index contributed by atoms with van der Waals surface area (Å²) in [5.74, 6) is 0.0302. The fourth-order valence-corrected chi connectivity index (χ4v) is 2.76. The van der Waals surface area contributed by atoms with Crippen LogP contribution in [0.5, 0.6) is 0 Å². The Kier molecular flexibility index (Phi) is 5.39. The average Bonchev–Trinajstić information content (AvgIpc) is 2.43. The summed E-state index contributed by atoms with van der Waals surface area (Å²) in [6, 6.07) is 5.84. The molecule has 0 saturated carbocycles. The zero-order valence-corrected chi connectivity index (χ0v) is 13.3. The summed E-state index contributed by atoms with van der Waals surface area (Å²) in [6.07, 6.45) is 4.28. The van der Waals surface area contributed by atoms with Gasteiger partial charge < -0.3 is 10.6 Å². The van der Waals surface area contributed by atoms with Gasteiger partial charge in [-0.05, 0) is 60.5 Å². The molecule has 0 saturated heterocycles. The Morgan fingerprint density at radius 1 is 1.47 bits per heavy atom. The molecule has 0 spiro atoms. The number of hydrogen-bond donors (Lipinski definition) is 2. The highest BCUT2D eigenvalue weighted by Crippen LogP contribution is 2.16. The van der Waals surface area contributed by atoms with Gasteiger partial charge in [-0.25, -0.2) is 0 Å². The third-order valence-corrected chi connectivity index (χ3v) is 4.76. The van der Waals surface area contributed by atoms with Crippen LogP contribution in [0, 0.1) is 10.5 Å². The lowest BCUT2D eigenvalue weighted by Gasteiger charge is -2.14. The van der Waals surface area contributed by atoms with Crippen LogP contribution >= 0.6 is 22.6 Å². The summed E-state index contributed by atoms with van der Waals surface area (Å²) in [7, 11) is 0. The molecule has 1 aliphatic heterocycles. The van der Waals surface area contributed by atoms with Gasteiger partial charge in [0.1, 0.15) is 0 Å². The third-order valence-electron chi connectivity index (χ3n) is 3.33. The van der Waals surface area contributed by atoms with Crippen molar-refractivity contribution in [3.05, 3.63) is 44.5 Å². The first-order valence-electron chi connectivity index (χ1n) is 6.60. The Morgan fingerprint density at radius 2 is 2.32 bits per heavy atom. The van der Waals surface area contributed by atoms with Crippen molar-refractivity contribution in [2.24, 2.45) is 0 Å². The molecule has 1 heterocycles. The molecule has 2 N–H and O–H groups in total. The average molecular weight is 370 g/mol. The molecule has 0 fully saturated rings. The highest BCUT2D eigenvalue weighted by molar-refractivity contribution is 14.1. The SMILES string of the molecule is Cc1cccc(C(=O)NCCC2=CCNCC2)c1I. The van der Waals surface area contributed by atoms with E-state index in [1.165, 1.54) is 5.57 Å². The summed E-state index contributed by atoms with van der Waals surface area (Å²) in [4.78, 5) is 12.1. The molecule has 0 bridgehead atoms. The van der Waals surface area contributed by atoms with Crippen molar-refractivity contribution in [3.8, 4) is 0 Å². The monoisotopic (exact) mass is 370 g/mol. The third kappa shape index (κ3) is 4.04. The predicted octanol–water partition coefficient (Wildman–Crippen LogP) is 2.64. The molecule has 1 aliphatic rings. The minimum absolute atomic E-state index is 0.0302. The van der Waals surface area contributed by atoms with Gasteiger partial charge in [0.05, 0.1) is 5.56 Å². The van der Waals surface area contributed by atoms with E-state index < -0.39 is 0 Å². The predicted molar refractivity (Wildman–Crippen MR) is 86.4 cm³/mol. The molecule has 0 radical (unpaired) electrons. The van der Waals surface area contributed by atoms with Gasteiger partial charge in [-0.3, -0.25) is 4.79 Å². The van der Waals surface area contributed by atoms with Gasteiger partial charge in [0, 0.05) is 16.7 Å². The molecule has 3 nitrogen and oxygen atoms in total. The number of halogens is 1. The molecule has 1 aromatic rings. The molecule has 0 atom stereocenters. The number of aryl methyl sites for hydroxylation is 1. The van der Waals surface area contributed by atoms with E-state index in [9.17, 15) is 4.79 Å². The van der Waals surface area contributed by atoms with Crippen LogP contribution in [0.4, 0.5) is 0 Å². The molecular weight excluding hydrogens is 351 g/mol. The van der Waals surface area contributed by atoms with Gasteiger partial charge >= 0.3 is 0 Å². The number of benzene rings is 1. The van der Waals surface area contributed by atoms with E-state index in [4.69, 9.17) is 0 Å². The summed E-state index contributed by atoms with van der Waals surface area (Å²) >= 11 is 2.23. The second kappa shape index (κ2) is 7.05. The zero-order valence-electron chi connectivity index (χ0n) is 11.1. The van der Waals surface area contributed by atoms with Gasteiger partial charge in [-0.2, -0.15) is 0 Å². The van der Waals surface area contributed by atoms with Gasteiger partial charge in [0.15, 0.2) is 0 Å². The Hall–Kier alpha value is -0.880. The van der Waals surface area contributed by atoms with E-state index in [0.717, 1.165) is 40.6 Å². The molecule has 19 heavy (non-hydrogen) atoms. The molecule has 0 aromatic heterocycles. The first-order chi connectivity index (χ1) is 9.18. The van der Waals surface area contributed by atoms with Crippen LogP contribution < -0.4 is 10.6 Å². The van der Waals surface area contributed by atoms with Crippen LogP contribution in [0.1, 0.15) is 28.8 Å². The van der Waals surface area contributed by atoms with Gasteiger partial charge in [-0.15, -0.1) is 0 Å². The molecule has 0 unspecified atom stereocenters. The van der Waals surface area contributed by atoms with Crippen molar-refractivity contribution in [1.82, 2.24) is 10.6 Å². The second-order valence-electron chi connectivity index (χ2n) is 4.76. The first-order valence-corrected chi connectivity index (χ1v) is 7.68. The molecule has 0 aliphatic carbocycles. The Bertz CT molecular complexity index is 497. The smallest absolute Gasteiger partial charge is 0.252 e. The van der Waals surface area contributed by atoms with Crippen LogP contribution in [0.15, 0.2) is 29.8 Å². The van der Waals surface area contributed by atoms with Crippen molar-refractivity contribution in [2.75, 3.05) is 19.6 Å². The van der Waals surface area contributed by atoms with E-state index in [1.54, 1.807) is 0 Å². The number of rotatable bonds is 4. The maximum absolute atomic E-state index is 12.1. The lowest BCUT2D eigenvalue weighted by atomic mass is 10.1. The highest BCUT2D eigenvalue weighted by atomic mass is 127. The number of nitrogens with one attached hydrogen (secondary N) is 2. The molecule has 102 valence electrons. The summed E-state index contributed by atoms with van der Waals surface area (Å²) in [6.45, 7) is 4.75. The fourth-order valence-electron chi connectivity index (χ4n) is 2.15.